The van der Waals surface area contributed by atoms with Crippen LogP contribution in [0.25, 0.3) is 10.9 Å². The summed E-state index contributed by atoms with van der Waals surface area (Å²) < 4.78 is 52.9. The quantitative estimate of drug-likeness (QED) is 0.594. The summed E-state index contributed by atoms with van der Waals surface area (Å²) in [7, 11) is -3.94. The monoisotopic (exact) mass is 428 g/mol. The Morgan fingerprint density at radius 3 is 2.50 bits per heavy atom. The normalized spacial score (nSPS) is 13.3. The lowest BCUT2D eigenvalue weighted by atomic mass is 10.2. The van der Waals surface area contributed by atoms with Crippen molar-refractivity contribution >= 4 is 48.0 Å². The second-order valence-corrected chi connectivity index (χ2v) is 9.23. The Morgan fingerprint density at radius 2 is 1.88 bits per heavy atom. The first-order valence-corrected chi connectivity index (χ1v) is 10.4. The van der Waals surface area contributed by atoms with Gasteiger partial charge in [0, 0.05) is 4.47 Å². The minimum atomic E-state index is -3.94. The largest absolute Gasteiger partial charge is 0.611 e. The number of benzene rings is 2. The molecular formula is C16H12BrFNO3S2. The van der Waals surface area contributed by atoms with Crippen LogP contribution in [0.4, 0.5) is 4.39 Å². The molecule has 1 atom stereocenters. The van der Waals surface area contributed by atoms with E-state index in [4.69, 9.17) is 0 Å². The summed E-state index contributed by atoms with van der Waals surface area (Å²) in [5.74, 6) is -0.392. The molecule has 0 aliphatic carbocycles. The molecular weight excluding hydrogens is 417 g/mol. The van der Waals surface area contributed by atoms with E-state index in [-0.39, 0.29) is 10.6 Å². The van der Waals surface area contributed by atoms with Crippen molar-refractivity contribution in [3.8, 4) is 0 Å². The van der Waals surface area contributed by atoms with Gasteiger partial charge in [-0.05, 0) is 60.6 Å². The van der Waals surface area contributed by atoms with Gasteiger partial charge in [-0.3, -0.25) is 0 Å². The van der Waals surface area contributed by atoms with Gasteiger partial charge in [0.15, 0.2) is 4.90 Å². The molecule has 1 radical (unpaired) electrons. The van der Waals surface area contributed by atoms with Crippen LogP contribution in [0.3, 0.4) is 0 Å². The maximum Gasteiger partial charge on any atom is 0.268 e. The maximum atomic E-state index is 13.1. The van der Waals surface area contributed by atoms with Crippen molar-refractivity contribution in [2.24, 2.45) is 0 Å². The lowest BCUT2D eigenvalue weighted by molar-refractivity contribution is 0.587. The van der Waals surface area contributed by atoms with Crippen molar-refractivity contribution in [3.63, 3.8) is 0 Å². The summed E-state index contributed by atoms with van der Waals surface area (Å²) in [5, 5.41) is 0.567. The molecule has 1 unspecified atom stereocenters. The van der Waals surface area contributed by atoms with Crippen molar-refractivity contribution in [3.05, 3.63) is 65.9 Å². The SMILES string of the molecule is [CH2]C[S+]([O-])c1cn(S(=O)(=O)c2ccc(F)cc2)c2ccc(Br)cc12. The number of halogens is 2. The van der Waals surface area contributed by atoms with Gasteiger partial charge in [0.2, 0.25) is 0 Å². The second-order valence-electron chi connectivity index (χ2n) is 4.96. The molecule has 0 amide bonds. The summed E-state index contributed by atoms with van der Waals surface area (Å²) in [6.07, 6.45) is 1.34. The summed E-state index contributed by atoms with van der Waals surface area (Å²) in [6, 6.07) is 9.63. The first-order chi connectivity index (χ1) is 11.3. The van der Waals surface area contributed by atoms with E-state index in [1.165, 1.54) is 18.3 Å². The molecule has 8 heteroatoms. The fourth-order valence-electron chi connectivity index (χ4n) is 2.35. The van der Waals surface area contributed by atoms with Gasteiger partial charge in [0.25, 0.3) is 10.0 Å². The summed E-state index contributed by atoms with van der Waals surface area (Å²) in [5.41, 5.74) is 0.402. The highest BCUT2D eigenvalue weighted by molar-refractivity contribution is 9.10. The van der Waals surface area contributed by atoms with E-state index < -0.39 is 27.0 Å². The zero-order valence-corrected chi connectivity index (χ0v) is 15.5. The third-order valence-corrected chi connectivity index (χ3v) is 6.86. The first kappa shape index (κ1) is 17.5. The Hall–Kier alpha value is -1.35. The Morgan fingerprint density at radius 1 is 1.21 bits per heavy atom. The summed E-state index contributed by atoms with van der Waals surface area (Å²) in [6.45, 7) is 3.62. The molecule has 24 heavy (non-hydrogen) atoms. The molecule has 3 rings (SSSR count). The number of nitrogens with zero attached hydrogens (tertiary/aromatic N) is 1. The average Bonchev–Trinajstić information content (AvgIpc) is 2.94. The number of fused-ring (bicyclic) bond motifs is 1. The van der Waals surface area contributed by atoms with Gasteiger partial charge < -0.3 is 4.55 Å². The molecule has 0 N–H and O–H groups in total. The van der Waals surface area contributed by atoms with Gasteiger partial charge in [-0.15, -0.1) is 0 Å². The Kier molecular flexibility index (Phi) is 4.74. The molecule has 0 spiro atoms. The van der Waals surface area contributed by atoms with E-state index in [2.05, 4.69) is 22.9 Å². The Balaban J connectivity index is 2.28. The minimum absolute atomic E-state index is 0.0457. The third kappa shape index (κ3) is 2.99. The van der Waals surface area contributed by atoms with Gasteiger partial charge >= 0.3 is 0 Å². The molecule has 2 aromatic carbocycles. The maximum absolute atomic E-state index is 13.1. The van der Waals surface area contributed by atoms with E-state index in [0.717, 1.165) is 20.6 Å². The van der Waals surface area contributed by atoms with Crippen molar-refractivity contribution < 1.29 is 17.4 Å². The van der Waals surface area contributed by atoms with E-state index in [0.29, 0.717) is 15.8 Å². The van der Waals surface area contributed by atoms with E-state index >= 15 is 0 Å². The number of hydrogen-bond acceptors (Lipinski definition) is 3. The zero-order chi connectivity index (χ0) is 17.5. The van der Waals surface area contributed by atoms with Crippen molar-refractivity contribution in [2.75, 3.05) is 5.75 Å². The van der Waals surface area contributed by atoms with Crippen molar-refractivity contribution in [1.82, 2.24) is 3.97 Å². The van der Waals surface area contributed by atoms with Gasteiger partial charge in [-0.2, -0.15) is 0 Å². The molecule has 4 nitrogen and oxygen atoms in total. The average molecular weight is 429 g/mol. The van der Waals surface area contributed by atoms with Gasteiger partial charge in [-0.1, -0.05) is 15.9 Å². The van der Waals surface area contributed by atoms with Crippen molar-refractivity contribution in [1.29, 1.82) is 0 Å². The second kappa shape index (κ2) is 6.51. The first-order valence-electron chi connectivity index (χ1n) is 6.84. The smallest absolute Gasteiger partial charge is 0.268 e. The van der Waals surface area contributed by atoms with Crippen LogP contribution in [0, 0.1) is 12.7 Å². The summed E-state index contributed by atoms with van der Waals surface area (Å²) in [4.78, 5) is 0.350. The van der Waals surface area contributed by atoms with Crippen LogP contribution in [-0.4, -0.2) is 22.7 Å². The van der Waals surface area contributed by atoms with Crippen LogP contribution in [0.2, 0.25) is 0 Å². The van der Waals surface area contributed by atoms with Gasteiger partial charge in [0.1, 0.15) is 11.6 Å². The van der Waals surface area contributed by atoms with Gasteiger partial charge in [-0.25, -0.2) is 16.8 Å². The van der Waals surface area contributed by atoms with Crippen molar-refractivity contribution in [2.45, 2.75) is 9.79 Å². The number of hydrogen-bond donors (Lipinski definition) is 0. The van der Waals surface area contributed by atoms with Crippen LogP contribution in [0.1, 0.15) is 0 Å². The summed E-state index contributed by atoms with van der Waals surface area (Å²) >= 11 is 1.91. The Labute approximate surface area is 150 Å². The highest BCUT2D eigenvalue weighted by atomic mass is 79.9. The molecule has 3 aromatic rings. The third-order valence-electron chi connectivity index (χ3n) is 3.50. The predicted octanol–water partition coefficient (Wildman–Crippen LogP) is 3.72. The molecule has 125 valence electrons. The predicted molar refractivity (Wildman–Crippen MR) is 95.3 cm³/mol. The standard InChI is InChI=1S/C16H12BrFNO3S2/c1-2-23(20)16-10-19(15-8-3-11(17)9-14(15)16)24(21,22)13-6-4-12(18)5-7-13/h3-10H,1-2H2. The lowest BCUT2D eigenvalue weighted by Gasteiger charge is -2.07. The topological polar surface area (TPSA) is 62.1 Å². The number of aromatic nitrogens is 1. The van der Waals surface area contributed by atoms with E-state index in [1.54, 1.807) is 18.2 Å². The zero-order valence-electron chi connectivity index (χ0n) is 12.3. The molecule has 0 saturated carbocycles. The van der Waals surface area contributed by atoms with E-state index in [9.17, 15) is 17.4 Å². The van der Waals surface area contributed by atoms with Gasteiger partial charge in [0.05, 0.1) is 22.0 Å². The molecule has 0 fully saturated rings. The Bertz CT molecular complexity index is 1000. The molecule has 0 aliphatic rings. The van der Waals surface area contributed by atoms with Crippen LogP contribution in [0.15, 0.2) is 62.9 Å². The molecule has 0 bridgehead atoms. The fourth-order valence-corrected chi connectivity index (χ4v) is 5.00. The number of rotatable bonds is 4. The minimum Gasteiger partial charge on any atom is -0.611 e. The highest BCUT2D eigenvalue weighted by Crippen LogP contribution is 2.31. The molecule has 0 saturated heterocycles. The highest BCUT2D eigenvalue weighted by Gasteiger charge is 2.25. The lowest BCUT2D eigenvalue weighted by Crippen LogP contribution is -2.12. The molecule has 1 aromatic heterocycles. The van der Waals surface area contributed by atoms with Crippen LogP contribution >= 0.6 is 15.9 Å². The fraction of sp³-hybridized carbons (Fsp3) is 0.0625. The van der Waals surface area contributed by atoms with Crippen LogP contribution in [0.5, 0.6) is 0 Å². The molecule has 1 heterocycles. The molecule has 0 aliphatic heterocycles. The van der Waals surface area contributed by atoms with Crippen LogP contribution in [-0.2, 0) is 21.2 Å². The van der Waals surface area contributed by atoms with E-state index in [1.807, 2.05) is 0 Å². The van der Waals surface area contributed by atoms with Crippen LogP contribution < -0.4 is 0 Å².